The average molecular weight is 410 g/mol. The molecule has 1 aliphatic heterocycles. The number of H-pyrrole nitrogens is 1. The molecule has 0 saturated carbocycles. The summed E-state index contributed by atoms with van der Waals surface area (Å²) in [5.41, 5.74) is 3.36. The largest absolute Gasteiger partial charge is 0.368 e. The first-order chi connectivity index (χ1) is 14.2. The van der Waals surface area contributed by atoms with Crippen molar-refractivity contribution in [3.05, 3.63) is 65.4 Å². The molecule has 2 N–H and O–H groups in total. The summed E-state index contributed by atoms with van der Waals surface area (Å²) in [5, 5.41) is 11.1. The lowest BCUT2D eigenvalue weighted by Crippen LogP contribution is -2.52. The predicted octanol–water partition coefficient (Wildman–Crippen LogP) is 3.02. The summed E-state index contributed by atoms with van der Waals surface area (Å²) in [6, 6.07) is 16.3. The van der Waals surface area contributed by atoms with Gasteiger partial charge in [0.05, 0.1) is 0 Å². The van der Waals surface area contributed by atoms with Crippen molar-refractivity contribution < 1.29 is 0 Å². The number of aromatic amines is 1. The molecule has 4 rings (SSSR count). The van der Waals surface area contributed by atoms with Crippen LogP contribution in [0, 0.1) is 0 Å². The van der Waals surface area contributed by atoms with Crippen LogP contribution in [0.5, 0.6) is 0 Å². The van der Waals surface area contributed by atoms with Crippen molar-refractivity contribution in [3.63, 3.8) is 0 Å². The van der Waals surface area contributed by atoms with Gasteiger partial charge in [0.15, 0.2) is 11.8 Å². The third-order valence-corrected chi connectivity index (χ3v) is 5.27. The highest BCUT2D eigenvalue weighted by atomic mass is 35.5. The van der Waals surface area contributed by atoms with Crippen LogP contribution in [-0.4, -0.2) is 59.3 Å². The van der Waals surface area contributed by atoms with E-state index in [9.17, 15) is 0 Å². The molecule has 0 bridgehead atoms. The maximum Gasteiger partial charge on any atom is 0.194 e. The topological polar surface area (TPSA) is 72.4 Å². The number of halogens is 1. The van der Waals surface area contributed by atoms with E-state index in [1.54, 1.807) is 0 Å². The Morgan fingerprint density at radius 1 is 1.14 bits per heavy atom. The number of nitrogens with zero attached hydrogens (tertiary/aromatic N) is 5. The van der Waals surface area contributed by atoms with Gasteiger partial charge in [-0.15, -0.1) is 0 Å². The Morgan fingerprint density at radius 2 is 1.97 bits per heavy atom. The van der Waals surface area contributed by atoms with Crippen molar-refractivity contribution in [2.75, 3.05) is 38.1 Å². The minimum absolute atomic E-state index is 0.698. The first kappa shape index (κ1) is 19.3. The first-order valence-corrected chi connectivity index (χ1v) is 10.0. The van der Waals surface area contributed by atoms with E-state index in [2.05, 4.69) is 53.5 Å². The number of aliphatic imine (C=N–C) groups is 1. The van der Waals surface area contributed by atoms with Crippen LogP contribution in [0.4, 0.5) is 5.69 Å². The number of piperazine rings is 1. The lowest BCUT2D eigenvalue weighted by Gasteiger charge is -2.37. The number of aromatic nitrogens is 3. The minimum Gasteiger partial charge on any atom is -0.368 e. The maximum atomic E-state index is 6.13. The number of nitrogens with one attached hydrogen (secondary N) is 2. The molecule has 2 heterocycles. The highest BCUT2D eigenvalue weighted by Crippen LogP contribution is 2.21. The molecule has 1 aromatic heterocycles. The fourth-order valence-corrected chi connectivity index (χ4v) is 3.72. The molecule has 0 amide bonds. The molecule has 0 aliphatic carbocycles. The predicted molar refractivity (Wildman–Crippen MR) is 117 cm³/mol. The number of rotatable bonds is 4. The van der Waals surface area contributed by atoms with E-state index in [1.165, 1.54) is 12.0 Å². The van der Waals surface area contributed by atoms with Gasteiger partial charge in [0.2, 0.25) is 0 Å². The van der Waals surface area contributed by atoms with Gasteiger partial charge in [0.25, 0.3) is 0 Å². The van der Waals surface area contributed by atoms with Crippen LogP contribution in [0.1, 0.15) is 5.56 Å². The Balaban J connectivity index is 1.34. The van der Waals surface area contributed by atoms with E-state index < -0.39 is 0 Å². The molecule has 3 aromatic rings. The SMILES string of the molecule is CN=C(NCc1cccc(-c2ncn[nH]2)c1)N1CCN(c2cccc(Cl)c2)CC1. The van der Waals surface area contributed by atoms with E-state index in [0.29, 0.717) is 6.54 Å². The Hall–Kier alpha value is -3.06. The third-order valence-electron chi connectivity index (χ3n) is 5.03. The maximum absolute atomic E-state index is 6.13. The zero-order valence-corrected chi connectivity index (χ0v) is 17.1. The van der Waals surface area contributed by atoms with Crippen LogP contribution >= 0.6 is 11.6 Å². The van der Waals surface area contributed by atoms with Crippen molar-refractivity contribution >= 4 is 23.2 Å². The highest BCUT2D eigenvalue weighted by Gasteiger charge is 2.20. The Kier molecular flexibility index (Phi) is 5.95. The number of hydrogen-bond donors (Lipinski definition) is 2. The van der Waals surface area contributed by atoms with Crippen LogP contribution in [0.3, 0.4) is 0 Å². The van der Waals surface area contributed by atoms with Gasteiger partial charge in [-0.3, -0.25) is 10.1 Å². The van der Waals surface area contributed by atoms with Crippen molar-refractivity contribution in [1.82, 2.24) is 25.4 Å². The van der Waals surface area contributed by atoms with E-state index in [1.807, 2.05) is 37.4 Å². The zero-order valence-electron chi connectivity index (χ0n) is 16.3. The van der Waals surface area contributed by atoms with Gasteiger partial charge < -0.3 is 15.1 Å². The number of hydrogen-bond acceptors (Lipinski definition) is 4. The van der Waals surface area contributed by atoms with Crippen LogP contribution in [0.25, 0.3) is 11.4 Å². The summed E-state index contributed by atoms with van der Waals surface area (Å²) in [6.07, 6.45) is 1.52. The van der Waals surface area contributed by atoms with Gasteiger partial charge in [-0.2, -0.15) is 5.10 Å². The number of guanidine groups is 1. The van der Waals surface area contributed by atoms with Gasteiger partial charge in [-0.05, 0) is 29.8 Å². The van der Waals surface area contributed by atoms with Crippen molar-refractivity contribution in [2.24, 2.45) is 4.99 Å². The highest BCUT2D eigenvalue weighted by molar-refractivity contribution is 6.30. The van der Waals surface area contributed by atoms with Crippen LogP contribution in [0.15, 0.2) is 59.9 Å². The molecule has 1 saturated heterocycles. The zero-order chi connectivity index (χ0) is 20.1. The summed E-state index contributed by atoms with van der Waals surface area (Å²) in [6.45, 7) is 4.38. The van der Waals surface area contributed by atoms with Gasteiger partial charge in [-0.25, -0.2) is 4.98 Å². The molecule has 0 atom stereocenters. The average Bonchev–Trinajstić information content (AvgIpc) is 3.30. The van der Waals surface area contributed by atoms with E-state index in [4.69, 9.17) is 11.6 Å². The van der Waals surface area contributed by atoms with Gasteiger partial charge in [0, 0.05) is 56.0 Å². The smallest absolute Gasteiger partial charge is 0.194 e. The minimum atomic E-state index is 0.698. The molecular formula is C21H24ClN7. The molecule has 29 heavy (non-hydrogen) atoms. The van der Waals surface area contributed by atoms with E-state index >= 15 is 0 Å². The molecule has 150 valence electrons. The lowest BCUT2D eigenvalue weighted by atomic mass is 10.1. The second-order valence-corrected chi connectivity index (χ2v) is 7.33. The summed E-state index contributed by atoms with van der Waals surface area (Å²) in [4.78, 5) is 13.3. The first-order valence-electron chi connectivity index (χ1n) is 9.64. The van der Waals surface area contributed by atoms with Crippen LogP contribution in [-0.2, 0) is 6.54 Å². The van der Waals surface area contributed by atoms with Crippen molar-refractivity contribution in [3.8, 4) is 11.4 Å². The molecular weight excluding hydrogens is 386 g/mol. The standard InChI is InChI=1S/C21H24ClN7/c1-23-21(24-14-16-4-2-5-17(12-16)20-25-15-26-27-20)29-10-8-28(9-11-29)19-7-3-6-18(22)13-19/h2-7,12-13,15H,8-11,14H2,1H3,(H,23,24)(H,25,26,27). The Bertz CT molecular complexity index is 963. The van der Waals surface area contributed by atoms with Gasteiger partial charge >= 0.3 is 0 Å². The summed E-state index contributed by atoms with van der Waals surface area (Å²) >= 11 is 6.13. The fraction of sp³-hybridized carbons (Fsp3) is 0.286. The monoisotopic (exact) mass is 409 g/mol. The van der Waals surface area contributed by atoms with Crippen LogP contribution in [0.2, 0.25) is 5.02 Å². The second-order valence-electron chi connectivity index (χ2n) is 6.89. The normalized spacial score (nSPS) is 14.9. The molecule has 0 spiro atoms. The molecule has 2 aromatic carbocycles. The lowest BCUT2D eigenvalue weighted by molar-refractivity contribution is 0.372. The van der Waals surface area contributed by atoms with E-state index in [0.717, 1.165) is 54.1 Å². The van der Waals surface area contributed by atoms with Crippen molar-refractivity contribution in [1.29, 1.82) is 0 Å². The number of benzene rings is 2. The van der Waals surface area contributed by atoms with Crippen LogP contribution < -0.4 is 10.2 Å². The molecule has 1 fully saturated rings. The van der Waals surface area contributed by atoms with Gasteiger partial charge in [-0.1, -0.05) is 35.9 Å². The summed E-state index contributed by atoms with van der Waals surface area (Å²) in [7, 11) is 1.83. The molecule has 8 heteroatoms. The Labute approximate surface area is 175 Å². The summed E-state index contributed by atoms with van der Waals surface area (Å²) in [5.74, 6) is 1.69. The summed E-state index contributed by atoms with van der Waals surface area (Å²) < 4.78 is 0. The number of anilines is 1. The molecule has 0 unspecified atom stereocenters. The quantitative estimate of drug-likeness (QED) is 0.512. The van der Waals surface area contributed by atoms with Gasteiger partial charge in [0.1, 0.15) is 6.33 Å². The molecule has 7 nitrogen and oxygen atoms in total. The Morgan fingerprint density at radius 3 is 2.69 bits per heavy atom. The second kappa shape index (κ2) is 8.96. The fourth-order valence-electron chi connectivity index (χ4n) is 3.54. The molecule has 0 radical (unpaired) electrons. The molecule has 1 aliphatic rings. The third kappa shape index (κ3) is 4.68. The van der Waals surface area contributed by atoms with E-state index in [-0.39, 0.29) is 0 Å². The van der Waals surface area contributed by atoms with Crippen molar-refractivity contribution in [2.45, 2.75) is 6.54 Å².